The van der Waals surface area contributed by atoms with Crippen LogP contribution >= 0.6 is 0 Å². The molecule has 3 N–H and O–H groups in total. The van der Waals surface area contributed by atoms with Crippen LogP contribution < -0.4 is 5.32 Å². The van der Waals surface area contributed by atoms with Gasteiger partial charge in [-0.1, -0.05) is 82.1 Å². The number of aliphatic carboxylic acids is 2. The van der Waals surface area contributed by atoms with Gasteiger partial charge in [0.1, 0.15) is 0 Å². The van der Waals surface area contributed by atoms with E-state index in [4.69, 9.17) is 9.90 Å². The lowest BCUT2D eigenvalue weighted by molar-refractivity contribution is -0.192. The first-order valence-electron chi connectivity index (χ1n) is 15.8. The van der Waals surface area contributed by atoms with E-state index in [0.717, 1.165) is 49.8 Å². The molecule has 1 amide bonds. The molecule has 2 aromatic carbocycles. The second kappa shape index (κ2) is 15.3. The summed E-state index contributed by atoms with van der Waals surface area (Å²) in [7, 11) is 0. The first-order chi connectivity index (χ1) is 21.0. The largest absolute Gasteiger partial charge is 0.490 e. The predicted molar refractivity (Wildman–Crippen MR) is 168 cm³/mol. The first-order valence-corrected chi connectivity index (χ1v) is 15.8. The van der Waals surface area contributed by atoms with Crippen molar-refractivity contribution in [3.63, 3.8) is 0 Å². The van der Waals surface area contributed by atoms with Crippen LogP contribution in [0.2, 0.25) is 0 Å². The number of nitrogens with zero attached hydrogens (tertiary/aromatic N) is 1. The van der Waals surface area contributed by atoms with Crippen molar-refractivity contribution in [2.24, 2.45) is 11.3 Å². The van der Waals surface area contributed by atoms with Crippen molar-refractivity contribution in [1.29, 1.82) is 0 Å². The Hall–Kier alpha value is -3.40. The lowest BCUT2D eigenvalue weighted by Gasteiger charge is -2.30. The SMILES string of the molecule is CC1CCCN1CCc1ccc(-c2ccc(C3(C(=O)NCC[C@@H](C(=O)O)C(C)(C)C)CCCC3)cc2)cc1.O=C(O)C(F)(F)F. The van der Waals surface area contributed by atoms with Gasteiger partial charge in [0, 0.05) is 19.1 Å². The van der Waals surface area contributed by atoms with E-state index >= 15 is 0 Å². The van der Waals surface area contributed by atoms with Crippen molar-refractivity contribution in [1.82, 2.24) is 10.2 Å². The number of carbonyl (C=O) groups excluding carboxylic acids is 1. The maximum absolute atomic E-state index is 13.5. The molecule has 0 spiro atoms. The van der Waals surface area contributed by atoms with Crippen molar-refractivity contribution >= 4 is 17.8 Å². The van der Waals surface area contributed by atoms with Crippen molar-refractivity contribution in [3.05, 3.63) is 59.7 Å². The van der Waals surface area contributed by atoms with E-state index in [1.54, 1.807) is 0 Å². The molecule has 1 aliphatic carbocycles. The Balaban J connectivity index is 0.000000707. The van der Waals surface area contributed by atoms with Gasteiger partial charge in [-0.15, -0.1) is 0 Å². The predicted octanol–water partition coefficient (Wildman–Crippen LogP) is 7.08. The lowest BCUT2D eigenvalue weighted by atomic mass is 9.77. The topological polar surface area (TPSA) is 107 Å². The Labute approximate surface area is 264 Å². The maximum Gasteiger partial charge on any atom is 0.490 e. The Morgan fingerprint density at radius 2 is 1.47 bits per heavy atom. The van der Waals surface area contributed by atoms with Crippen LogP contribution in [-0.2, 0) is 26.2 Å². The lowest BCUT2D eigenvalue weighted by Crippen LogP contribution is -2.44. The molecule has 2 atom stereocenters. The quantitative estimate of drug-likeness (QED) is 0.259. The molecule has 45 heavy (non-hydrogen) atoms. The minimum Gasteiger partial charge on any atom is -0.481 e. The van der Waals surface area contributed by atoms with E-state index in [1.807, 2.05) is 20.8 Å². The van der Waals surface area contributed by atoms with Crippen LogP contribution in [0.3, 0.4) is 0 Å². The molecule has 1 saturated carbocycles. The molecule has 1 saturated heterocycles. The van der Waals surface area contributed by atoms with E-state index in [0.29, 0.717) is 19.0 Å². The number of carboxylic acids is 2. The van der Waals surface area contributed by atoms with Gasteiger partial charge in [-0.25, -0.2) is 4.79 Å². The van der Waals surface area contributed by atoms with Gasteiger partial charge in [-0.05, 0) is 79.7 Å². The van der Waals surface area contributed by atoms with Crippen LogP contribution in [0.25, 0.3) is 11.1 Å². The molecule has 0 radical (unpaired) electrons. The van der Waals surface area contributed by atoms with E-state index in [-0.39, 0.29) is 11.3 Å². The molecular weight excluding hydrogens is 585 g/mol. The van der Waals surface area contributed by atoms with E-state index in [2.05, 4.69) is 65.7 Å². The first kappa shape index (κ1) is 36.1. The number of alkyl halides is 3. The van der Waals surface area contributed by atoms with Crippen molar-refractivity contribution in [2.75, 3.05) is 19.6 Å². The summed E-state index contributed by atoms with van der Waals surface area (Å²) in [5.74, 6) is -4.01. The second-order valence-electron chi connectivity index (χ2n) is 13.4. The van der Waals surface area contributed by atoms with Crippen LogP contribution in [0.15, 0.2) is 48.5 Å². The highest BCUT2D eigenvalue weighted by atomic mass is 19.4. The number of nitrogens with one attached hydrogen (secondary N) is 1. The van der Waals surface area contributed by atoms with Crippen molar-refractivity contribution in [2.45, 2.75) is 96.7 Å². The maximum atomic E-state index is 13.5. The molecule has 2 aliphatic rings. The summed E-state index contributed by atoms with van der Waals surface area (Å²) in [6.07, 6.45) is 2.83. The third kappa shape index (κ3) is 9.79. The van der Waals surface area contributed by atoms with Crippen LogP contribution in [-0.4, -0.2) is 64.8 Å². The summed E-state index contributed by atoms with van der Waals surface area (Å²) in [5.41, 5.74) is 3.94. The van der Waals surface area contributed by atoms with Gasteiger partial charge < -0.3 is 20.4 Å². The molecule has 1 heterocycles. The minimum absolute atomic E-state index is 0.0393. The number of benzene rings is 2. The normalized spacial score (nSPS) is 19.0. The van der Waals surface area contributed by atoms with Gasteiger partial charge in [-0.2, -0.15) is 13.2 Å². The summed E-state index contributed by atoms with van der Waals surface area (Å²) < 4.78 is 31.7. The summed E-state index contributed by atoms with van der Waals surface area (Å²) in [6.45, 7) is 10.9. The van der Waals surface area contributed by atoms with Crippen LogP contribution in [0.5, 0.6) is 0 Å². The van der Waals surface area contributed by atoms with E-state index in [9.17, 15) is 27.9 Å². The highest BCUT2D eigenvalue weighted by Crippen LogP contribution is 2.42. The zero-order chi connectivity index (χ0) is 33.4. The number of carboxylic acid groups (broad SMARTS) is 2. The zero-order valence-electron chi connectivity index (χ0n) is 26.8. The van der Waals surface area contributed by atoms with Crippen molar-refractivity contribution in [3.8, 4) is 11.1 Å². The summed E-state index contributed by atoms with van der Waals surface area (Å²) in [5, 5.41) is 19.8. The Kier molecular flexibility index (Phi) is 12.2. The number of hydrogen-bond acceptors (Lipinski definition) is 4. The number of rotatable bonds is 10. The van der Waals surface area contributed by atoms with Gasteiger partial charge >= 0.3 is 18.1 Å². The van der Waals surface area contributed by atoms with E-state index < -0.39 is 29.4 Å². The van der Waals surface area contributed by atoms with Crippen molar-refractivity contribution < 1.29 is 37.8 Å². The third-order valence-electron chi connectivity index (χ3n) is 9.30. The molecule has 7 nitrogen and oxygen atoms in total. The Morgan fingerprint density at radius 1 is 0.933 bits per heavy atom. The fourth-order valence-corrected chi connectivity index (χ4v) is 6.49. The average molecular weight is 633 g/mol. The summed E-state index contributed by atoms with van der Waals surface area (Å²) >= 11 is 0. The van der Waals surface area contributed by atoms with Gasteiger partial charge in [0.05, 0.1) is 11.3 Å². The highest BCUT2D eigenvalue weighted by Gasteiger charge is 2.43. The smallest absolute Gasteiger partial charge is 0.481 e. The molecule has 1 aliphatic heterocycles. The second-order valence-corrected chi connectivity index (χ2v) is 13.4. The zero-order valence-corrected chi connectivity index (χ0v) is 26.8. The standard InChI is InChI=1S/C33H46N2O3.C2HF3O2/c1-24-8-7-22-35(24)23-18-25-9-11-26(12-10-25)27-13-15-28(16-14-27)33(19-5-6-20-33)31(38)34-21-17-29(30(36)37)32(2,3)4;3-2(4,5)1(6)7/h9-16,24,29H,5-8,17-23H2,1-4H3,(H,34,38)(H,36,37);(H,6,7)/t24?,29-;/m0./s1. The van der Waals surface area contributed by atoms with Gasteiger partial charge in [-0.3, -0.25) is 9.59 Å². The molecular formula is C35H47F3N2O5. The molecule has 2 fully saturated rings. The fourth-order valence-electron chi connectivity index (χ4n) is 6.49. The van der Waals surface area contributed by atoms with E-state index in [1.165, 1.54) is 30.5 Å². The summed E-state index contributed by atoms with van der Waals surface area (Å²) in [4.78, 5) is 36.7. The molecule has 10 heteroatoms. The molecule has 2 aromatic rings. The molecule has 0 aromatic heterocycles. The summed E-state index contributed by atoms with van der Waals surface area (Å²) in [6, 6.07) is 18.2. The number of carbonyl (C=O) groups is 3. The Morgan fingerprint density at radius 3 is 1.91 bits per heavy atom. The average Bonchev–Trinajstić information content (AvgIpc) is 3.63. The molecule has 248 valence electrons. The molecule has 4 rings (SSSR count). The van der Waals surface area contributed by atoms with Crippen LogP contribution in [0, 0.1) is 11.3 Å². The molecule has 1 unspecified atom stereocenters. The highest BCUT2D eigenvalue weighted by molar-refractivity contribution is 5.89. The monoisotopic (exact) mass is 632 g/mol. The third-order valence-corrected chi connectivity index (χ3v) is 9.30. The Bertz CT molecular complexity index is 1280. The molecule has 0 bridgehead atoms. The number of halogens is 3. The fraction of sp³-hybridized carbons (Fsp3) is 0.571. The van der Waals surface area contributed by atoms with Gasteiger partial charge in [0.25, 0.3) is 0 Å². The van der Waals surface area contributed by atoms with Gasteiger partial charge in [0.2, 0.25) is 5.91 Å². The number of hydrogen-bond donors (Lipinski definition) is 3. The van der Waals surface area contributed by atoms with Crippen LogP contribution in [0.4, 0.5) is 13.2 Å². The van der Waals surface area contributed by atoms with Gasteiger partial charge in [0.15, 0.2) is 0 Å². The minimum atomic E-state index is -5.08. The number of amides is 1. The van der Waals surface area contributed by atoms with Crippen LogP contribution in [0.1, 0.15) is 83.8 Å². The number of likely N-dealkylation sites (tertiary alicyclic amines) is 1.